The third-order valence-electron chi connectivity index (χ3n) is 1.73. The molecule has 0 spiro atoms. The predicted molar refractivity (Wildman–Crippen MR) is 48.0 cm³/mol. The fraction of sp³-hybridized carbons (Fsp3) is 0.500. The number of hydrogen-bond acceptors (Lipinski definition) is 1. The lowest BCUT2D eigenvalue weighted by atomic mass is 10.1. The van der Waals surface area contributed by atoms with Crippen molar-refractivity contribution in [2.75, 3.05) is 0 Å². The summed E-state index contributed by atoms with van der Waals surface area (Å²) >= 11 is 0. The van der Waals surface area contributed by atoms with E-state index in [1.165, 1.54) is 5.57 Å². The molecule has 0 aromatic carbocycles. The molecule has 0 radical (unpaired) electrons. The predicted octanol–water partition coefficient (Wildman–Crippen LogP) is 3.20. The van der Waals surface area contributed by atoms with E-state index in [0.29, 0.717) is 0 Å². The largest absolute Gasteiger partial charge is 0.193 e. The standard InChI is InChI=1S/C10H15N/c1-4-5-6-7-9(2)10(3)8-11/h4-5H,6-7H2,1-3H3. The highest BCUT2D eigenvalue weighted by atomic mass is 14.2. The van der Waals surface area contributed by atoms with Crippen molar-refractivity contribution in [1.29, 1.82) is 5.26 Å². The molecular weight excluding hydrogens is 134 g/mol. The van der Waals surface area contributed by atoms with Crippen molar-refractivity contribution in [3.8, 4) is 6.07 Å². The van der Waals surface area contributed by atoms with Gasteiger partial charge in [0.2, 0.25) is 0 Å². The van der Waals surface area contributed by atoms with Gasteiger partial charge in [-0.05, 0) is 33.6 Å². The first-order chi connectivity index (χ1) is 5.22. The quantitative estimate of drug-likeness (QED) is 0.446. The summed E-state index contributed by atoms with van der Waals surface area (Å²) in [7, 11) is 0. The Hall–Kier alpha value is -1.03. The molecule has 0 atom stereocenters. The normalized spacial score (nSPS) is 12.9. The lowest BCUT2D eigenvalue weighted by Gasteiger charge is -1.97. The second-order valence-corrected chi connectivity index (χ2v) is 2.62. The van der Waals surface area contributed by atoms with Crippen molar-refractivity contribution in [3.63, 3.8) is 0 Å². The zero-order valence-corrected chi connectivity index (χ0v) is 7.52. The van der Waals surface area contributed by atoms with Crippen LogP contribution in [0.2, 0.25) is 0 Å². The molecule has 0 unspecified atom stereocenters. The summed E-state index contributed by atoms with van der Waals surface area (Å²) in [6.45, 7) is 5.89. The fourth-order valence-corrected chi connectivity index (χ4v) is 0.749. The molecule has 0 heterocycles. The van der Waals surface area contributed by atoms with Gasteiger partial charge in [0.05, 0.1) is 6.07 Å². The molecule has 0 aromatic heterocycles. The Morgan fingerprint density at radius 3 is 2.55 bits per heavy atom. The van der Waals surface area contributed by atoms with Crippen LogP contribution in [0.3, 0.4) is 0 Å². The van der Waals surface area contributed by atoms with Crippen LogP contribution in [0.15, 0.2) is 23.3 Å². The van der Waals surface area contributed by atoms with Crippen LogP contribution in [-0.4, -0.2) is 0 Å². The van der Waals surface area contributed by atoms with Gasteiger partial charge in [0.15, 0.2) is 0 Å². The number of allylic oxidation sites excluding steroid dienone is 4. The minimum absolute atomic E-state index is 0.856. The van der Waals surface area contributed by atoms with Crippen LogP contribution in [0, 0.1) is 11.3 Å². The zero-order chi connectivity index (χ0) is 8.69. The van der Waals surface area contributed by atoms with E-state index in [0.717, 1.165) is 18.4 Å². The first kappa shape index (κ1) is 9.97. The second-order valence-electron chi connectivity index (χ2n) is 2.62. The van der Waals surface area contributed by atoms with Gasteiger partial charge in [0.25, 0.3) is 0 Å². The van der Waals surface area contributed by atoms with Crippen LogP contribution in [0.1, 0.15) is 33.6 Å². The van der Waals surface area contributed by atoms with Crippen LogP contribution >= 0.6 is 0 Å². The van der Waals surface area contributed by atoms with E-state index in [9.17, 15) is 0 Å². The first-order valence-corrected chi connectivity index (χ1v) is 3.90. The smallest absolute Gasteiger partial charge is 0.0943 e. The van der Waals surface area contributed by atoms with Gasteiger partial charge in [0.1, 0.15) is 0 Å². The van der Waals surface area contributed by atoms with Crippen molar-refractivity contribution in [3.05, 3.63) is 23.3 Å². The Balaban J connectivity index is 3.88. The SMILES string of the molecule is CC=CCCC(C)=C(C)C#N. The first-order valence-electron chi connectivity index (χ1n) is 3.90. The molecule has 1 heteroatoms. The maximum Gasteiger partial charge on any atom is 0.0943 e. The van der Waals surface area contributed by atoms with Crippen molar-refractivity contribution >= 4 is 0 Å². The van der Waals surface area contributed by atoms with Crippen LogP contribution in [0.25, 0.3) is 0 Å². The van der Waals surface area contributed by atoms with E-state index in [4.69, 9.17) is 5.26 Å². The summed E-state index contributed by atoms with van der Waals surface area (Å²) in [5.41, 5.74) is 2.06. The molecule has 0 bridgehead atoms. The highest BCUT2D eigenvalue weighted by Crippen LogP contribution is 2.09. The van der Waals surface area contributed by atoms with Gasteiger partial charge < -0.3 is 0 Å². The maximum atomic E-state index is 8.54. The fourth-order valence-electron chi connectivity index (χ4n) is 0.749. The van der Waals surface area contributed by atoms with Gasteiger partial charge >= 0.3 is 0 Å². The Labute approximate surface area is 69.0 Å². The molecular formula is C10H15N. The molecule has 0 N–H and O–H groups in total. The average molecular weight is 149 g/mol. The third kappa shape index (κ3) is 4.38. The van der Waals surface area contributed by atoms with Crippen molar-refractivity contribution < 1.29 is 0 Å². The zero-order valence-electron chi connectivity index (χ0n) is 7.52. The Morgan fingerprint density at radius 2 is 2.09 bits per heavy atom. The summed E-state index contributed by atoms with van der Waals surface area (Å²) < 4.78 is 0. The van der Waals surface area contributed by atoms with Gasteiger partial charge in [0, 0.05) is 5.57 Å². The average Bonchev–Trinajstić information content (AvgIpc) is 2.03. The molecule has 0 aliphatic heterocycles. The highest BCUT2D eigenvalue weighted by Gasteiger charge is 1.92. The minimum atomic E-state index is 0.856. The van der Waals surface area contributed by atoms with E-state index in [1.54, 1.807) is 0 Å². The number of nitriles is 1. The van der Waals surface area contributed by atoms with Crippen molar-refractivity contribution in [2.24, 2.45) is 0 Å². The molecule has 11 heavy (non-hydrogen) atoms. The van der Waals surface area contributed by atoms with Gasteiger partial charge in [-0.25, -0.2) is 0 Å². The van der Waals surface area contributed by atoms with Crippen LogP contribution in [0.5, 0.6) is 0 Å². The lowest BCUT2D eigenvalue weighted by Crippen LogP contribution is -1.80. The molecule has 1 nitrogen and oxygen atoms in total. The molecule has 0 rings (SSSR count). The summed E-state index contributed by atoms with van der Waals surface area (Å²) in [6.07, 6.45) is 6.20. The van der Waals surface area contributed by atoms with Gasteiger partial charge in [-0.1, -0.05) is 17.7 Å². The molecule has 0 aliphatic rings. The van der Waals surface area contributed by atoms with Crippen molar-refractivity contribution in [2.45, 2.75) is 33.6 Å². The lowest BCUT2D eigenvalue weighted by molar-refractivity contribution is 0.962. The van der Waals surface area contributed by atoms with E-state index < -0.39 is 0 Å². The summed E-state index contributed by atoms with van der Waals surface area (Å²) in [6, 6.07) is 2.15. The van der Waals surface area contributed by atoms with Crippen LogP contribution in [0.4, 0.5) is 0 Å². The monoisotopic (exact) mass is 149 g/mol. The van der Waals surface area contributed by atoms with Crippen molar-refractivity contribution in [1.82, 2.24) is 0 Å². The second kappa shape index (κ2) is 5.73. The van der Waals surface area contributed by atoms with Gasteiger partial charge in [-0.15, -0.1) is 0 Å². The summed E-state index contributed by atoms with van der Waals surface area (Å²) in [5, 5.41) is 8.54. The molecule has 0 amide bonds. The van der Waals surface area contributed by atoms with E-state index in [2.05, 4.69) is 12.1 Å². The van der Waals surface area contributed by atoms with Crippen LogP contribution < -0.4 is 0 Å². The van der Waals surface area contributed by atoms with Crippen LogP contribution in [-0.2, 0) is 0 Å². The van der Waals surface area contributed by atoms with E-state index in [-0.39, 0.29) is 0 Å². The maximum absolute atomic E-state index is 8.54. The molecule has 0 aliphatic carbocycles. The molecule has 0 fully saturated rings. The van der Waals surface area contributed by atoms with E-state index in [1.807, 2.05) is 26.8 Å². The van der Waals surface area contributed by atoms with Gasteiger partial charge in [-0.2, -0.15) is 5.26 Å². The topological polar surface area (TPSA) is 23.8 Å². The molecule has 0 saturated heterocycles. The number of hydrogen-bond donors (Lipinski definition) is 0. The molecule has 0 saturated carbocycles. The summed E-state index contributed by atoms with van der Waals surface area (Å²) in [4.78, 5) is 0. The highest BCUT2D eigenvalue weighted by molar-refractivity contribution is 5.24. The minimum Gasteiger partial charge on any atom is -0.193 e. The van der Waals surface area contributed by atoms with E-state index >= 15 is 0 Å². The Bertz CT molecular complexity index is 203. The Morgan fingerprint density at radius 1 is 1.45 bits per heavy atom. The number of rotatable bonds is 3. The third-order valence-corrected chi connectivity index (χ3v) is 1.73. The Kier molecular flexibility index (Phi) is 5.20. The summed E-state index contributed by atoms with van der Waals surface area (Å²) in [5.74, 6) is 0. The number of nitrogens with zero attached hydrogens (tertiary/aromatic N) is 1. The molecule has 60 valence electrons. The van der Waals surface area contributed by atoms with Gasteiger partial charge in [-0.3, -0.25) is 0 Å². The molecule has 0 aromatic rings.